The molecule has 0 bridgehead atoms. The summed E-state index contributed by atoms with van der Waals surface area (Å²) in [6.07, 6.45) is 0. The fraction of sp³-hybridized carbons (Fsp3) is 0.286. The van der Waals surface area contributed by atoms with Crippen LogP contribution in [0.2, 0.25) is 10.0 Å². The van der Waals surface area contributed by atoms with E-state index in [1.54, 1.807) is 0 Å². The molecule has 0 amide bonds. The summed E-state index contributed by atoms with van der Waals surface area (Å²) in [6, 6.07) is 15.1. The van der Waals surface area contributed by atoms with E-state index in [0.717, 1.165) is 11.1 Å². The number of anilines is 2. The molecule has 1 aliphatic heterocycles. The van der Waals surface area contributed by atoms with Gasteiger partial charge in [-0.15, -0.1) is 5.11 Å². The second-order valence-corrected chi connectivity index (χ2v) is 7.74. The quantitative estimate of drug-likeness (QED) is 0.506. The predicted molar refractivity (Wildman–Crippen MR) is 121 cm³/mol. The van der Waals surface area contributed by atoms with Crippen molar-refractivity contribution in [2.75, 3.05) is 36.5 Å². The first-order valence-corrected chi connectivity index (χ1v) is 10.6. The molecule has 1 N–H and O–H groups in total. The Hall–Kier alpha value is -2.81. The molecule has 0 atom stereocenters. The molecule has 0 radical (unpaired) electrons. The monoisotopic (exact) mass is 457 g/mol. The van der Waals surface area contributed by atoms with Gasteiger partial charge in [-0.1, -0.05) is 47.5 Å². The van der Waals surface area contributed by atoms with Gasteiger partial charge in [-0.25, -0.2) is 0 Å². The normalized spacial score (nSPS) is 14.2. The molecule has 160 valence electrons. The minimum atomic E-state index is 0.254. The van der Waals surface area contributed by atoms with Gasteiger partial charge in [0.1, 0.15) is 0 Å². The van der Waals surface area contributed by atoms with Crippen LogP contribution < -0.4 is 10.2 Å². The van der Waals surface area contributed by atoms with Gasteiger partial charge in [0.05, 0.1) is 19.8 Å². The lowest BCUT2D eigenvalue weighted by molar-refractivity contribution is 0.122. The van der Waals surface area contributed by atoms with Gasteiger partial charge in [-0.2, -0.15) is 20.1 Å². The molecule has 0 aliphatic carbocycles. The minimum absolute atomic E-state index is 0.254. The van der Waals surface area contributed by atoms with Crippen molar-refractivity contribution in [1.29, 1.82) is 0 Å². The number of rotatable bonds is 7. The molecule has 0 unspecified atom stereocenters. The standard InChI is InChI=1S/C21H21Cl2N7O/c22-17-5-1-15(2-6-17)13-24-19-26-20(28-21(27-19)30-9-11-31-12-10-30)29-25-14-16-3-7-18(23)8-4-16/h1-8H,9-14H2,(H,24,26,27,28). The van der Waals surface area contributed by atoms with Gasteiger partial charge in [0.15, 0.2) is 0 Å². The Kier molecular flexibility index (Phi) is 7.24. The van der Waals surface area contributed by atoms with Crippen molar-refractivity contribution in [2.24, 2.45) is 10.2 Å². The van der Waals surface area contributed by atoms with Crippen LogP contribution in [0, 0.1) is 0 Å². The van der Waals surface area contributed by atoms with Crippen molar-refractivity contribution >= 4 is 41.0 Å². The first kappa shape index (κ1) is 21.4. The third kappa shape index (κ3) is 6.33. The van der Waals surface area contributed by atoms with Crippen LogP contribution in [0.1, 0.15) is 11.1 Å². The summed E-state index contributed by atoms with van der Waals surface area (Å²) in [5, 5.41) is 13.1. The Labute approximate surface area is 190 Å². The zero-order valence-electron chi connectivity index (χ0n) is 16.7. The van der Waals surface area contributed by atoms with Gasteiger partial charge in [0.2, 0.25) is 11.9 Å². The number of aromatic nitrogens is 3. The van der Waals surface area contributed by atoms with Crippen molar-refractivity contribution in [3.8, 4) is 0 Å². The van der Waals surface area contributed by atoms with E-state index >= 15 is 0 Å². The molecule has 0 spiro atoms. The highest BCUT2D eigenvalue weighted by atomic mass is 35.5. The number of nitrogens with one attached hydrogen (secondary N) is 1. The Balaban J connectivity index is 1.51. The SMILES string of the molecule is Clc1ccc(CN=Nc2nc(NCc3ccc(Cl)cc3)nc(N3CCOCC3)n2)cc1. The third-order valence-corrected chi connectivity index (χ3v) is 5.10. The van der Waals surface area contributed by atoms with Crippen molar-refractivity contribution in [2.45, 2.75) is 13.1 Å². The third-order valence-electron chi connectivity index (χ3n) is 4.60. The van der Waals surface area contributed by atoms with Crippen LogP contribution in [0.15, 0.2) is 58.8 Å². The first-order valence-electron chi connectivity index (χ1n) is 9.85. The zero-order chi connectivity index (χ0) is 21.5. The van der Waals surface area contributed by atoms with Crippen LogP contribution in [0.5, 0.6) is 0 Å². The number of azo groups is 1. The highest BCUT2D eigenvalue weighted by Gasteiger charge is 2.16. The van der Waals surface area contributed by atoms with Gasteiger partial charge >= 0.3 is 0 Å². The van der Waals surface area contributed by atoms with Crippen molar-refractivity contribution in [3.05, 3.63) is 69.7 Å². The van der Waals surface area contributed by atoms with Crippen LogP contribution >= 0.6 is 23.2 Å². The van der Waals surface area contributed by atoms with E-state index in [9.17, 15) is 0 Å². The Morgan fingerprint density at radius 1 is 0.871 bits per heavy atom. The maximum Gasteiger partial charge on any atom is 0.275 e. The highest BCUT2D eigenvalue weighted by Crippen LogP contribution is 2.19. The maximum absolute atomic E-state index is 5.96. The van der Waals surface area contributed by atoms with Crippen molar-refractivity contribution in [3.63, 3.8) is 0 Å². The van der Waals surface area contributed by atoms with Gasteiger partial charge < -0.3 is 15.0 Å². The molecule has 1 fully saturated rings. The van der Waals surface area contributed by atoms with Crippen LogP contribution in [-0.2, 0) is 17.8 Å². The fourth-order valence-corrected chi connectivity index (χ4v) is 3.19. The first-order chi connectivity index (χ1) is 15.2. The van der Waals surface area contributed by atoms with E-state index < -0.39 is 0 Å². The second kappa shape index (κ2) is 10.5. The smallest absolute Gasteiger partial charge is 0.275 e. The fourth-order valence-electron chi connectivity index (χ4n) is 2.94. The van der Waals surface area contributed by atoms with Crippen LogP contribution in [0.3, 0.4) is 0 Å². The summed E-state index contributed by atoms with van der Waals surface area (Å²) in [7, 11) is 0. The number of hydrogen-bond acceptors (Lipinski definition) is 8. The molecule has 4 rings (SSSR count). The van der Waals surface area contributed by atoms with Crippen molar-refractivity contribution < 1.29 is 4.74 Å². The summed E-state index contributed by atoms with van der Waals surface area (Å²) in [4.78, 5) is 15.5. The largest absolute Gasteiger partial charge is 0.378 e. The lowest BCUT2D eigenvalue weighted by Gasteiger charge is -2.26. The van der Waals surface area contributed by atoms with E-state index in [4.69, 9.17) is 27.9 Å². The Morgan fingerprint density at radius 2 is 1.52 bits per heavy atom. The lowest BCUT2D eigenvalue weighted by atomic mass is 10.2. The molecule has 10 heteroatoms. The molecule has 2 heterocycles. The summed E-state index contributed by atoms with van der Waals surface area (Å²) in [6.45, 7) is 3.64. The molecule has 1 aliphatic rings. The van der Waals surface area contributed by atoms with Crippen molar-refractivity contribution in [1.82, 2.24) is 15.0 Å². The average Bonchev–Trinajstić information content (AvgIpc) is 2.80. The molecule has 0 saturated carbocycles. The van der Waals surface area contributed by atoms with Crippen LogP contribution in [-0.4, -0.2) is 41.3 Å². The van der Waals surface area contributed by atoms with Gasteiger partial charge in [0.25, 0.3) is 5.95 Å². The maximum atomic E-state index is 5.96. The van der Waals surface area contributed by atoms with Crippen LogP contribution in [0.25, 0.3) is 0 Å². The molecule has 8 nitrogen and oxygen atoms in total. The number of nitrogens with zero attached hydrogens (tertiary/aromatic N) is 6. The minimum Gasteiger partial charge on any atom is -0.378 e. The van der Waals surface area contributed by atoms with Gasteiger partial charge in [0, 0.05) is 29.7 Å². The Bertz CT molecular complexity index is 1020. The lowest BCUT2D eigenvalue weighted by Crippen LogP contribution is -2.37. The number of benzene rings is 2. The molecule has 1 saturated heterocycles. The second-order valence-electron chi connectivity index (χ2n) is 6.86. The average molecular weight is 458 g/mol. The summed E-state index contributed by atoms with van der Waals surface area (Å²) in [5.41, 5.74) is 2.06. The van der Waals surface area contributed by atoms with Gasteiger partial charge in [-0.05, 0) is 35.4 Å². The molecular weight excluding hydrogens is 437 g/mol. The summed E-state index contributed by atoms with van der Waals surface area (Å²) < 4.78 is 5.43. The predicted octanol–water partition coefficient (Wildman–Crippen LogP) is 4.91. The number of morpholine rings is 1. The number of ether oxygens (including phenoxy) is 1. The molecular formula is C21H21Cl2N7O. The van der Waals surface area contributed by atoms with E-state index in [2.05, 4.69) is 35.4 Å². The van der Waals surface area contributed by atoms with E-state index in [0.29, 0.717) is 61.3 Å². The summed E-state index contributed by atoms with van der Waals surface area (Å²) >= 11 is 11.9. The van der Waals surface area contributed by atoms with E-state index in [1.165, 1.54) is 0 Å². The number of halogens is 2. The Morgan fingerprint density at radius 3 is 2.19 bits per heavy atom. The molecule has 2 aromatic carbocycles. The van der Waals surface area contributed by atoms with Crippen LogP contribution in [0.4, 0.5) is 17.8 Å². The van der Waals surface area contributed by atoms with Gasteiger partial charge in [-0.3, -0.25) is 0 Å². The molecule has 3 aromatic rings. The summed E-state index contributed by atoms with van der Waals surface area (Å²) in [5.74, 6) is 1.24. The number of hydrogen-bond donors (Lipinski definition) is 1. The van der Waals surface area contributed by atoms with E-state index in [-0.39, 0.29) is 5.95 Å². The highest BCUT2D eigenvalue weighted by molar-refractivity contribution is 6.30. The topological polar surface area (TPSA) is 87.9 Å². The van der Waals surface area contributed by atoms with E-state index in [1.807, 2.05) is 48.5 Å². The zero-order valence-corrected chi connectivity index (χ0v) is 18.2. The molecule has 31 heavy (non-hydrogen) atoms. The molecule has 1 aromatic heterocycles.